The Balaban J connectivity index is 2.38. The lowest BCUT2D eigenvalue weighted by Crippen LogP contribution is -2.54. The summed E-state index contributed by atoms with van der Waals surface area (Å²) in [4.78, 5) is 27.8. The second kappa shape index (κ2) is 8.25. The zero-order valence-electron chi connectivity index (χ0n) is 13.1. The second-order valence-corrected chi connectivity index (χ2v) is 6.05. The van der Waals surface area contributed by atoms with Gasteiger partial charge < -0.3 is 15.5 Å². The molecule has 1 rings (SSSR count). The maximum absolute atomic E-state index is 12.2. The van der Waals surface area contributed by atoms with Gasteiger partial charge in [-0.05, 0) is 12.3 Å². The predicted octanol–water partition coefficient (Wildman–Crippen LogP) is 1.22. The fourth-order valence-electron chi connectivity index (χ4n) is 2.44. The topological polar surface area (TPSA) is 66.6 Å². The molecule has 116 valence electrons. The zero-order valence-corrected chi connectivity index (χ0v) is 13.1. The Bertz CT molecular complexity index is 323. The molecule has 1 aliphatic rings. The number of hydrogen-bond acceptors (Lipinski definition) is 3. The summed E-state index contributed by atoms with van der Waals surface area (Å²) in [6.07, 6.45) is 3.38. The van der Waals surface area contributed by atoms with E-state index in [2.05, 4.69) is 6.92 Å². The molecule has 2 N–H and O–H groups in total. The van der Waals surface area contributed by atoms with E-state index in [0.29, 0.717) is 38.5 Å². The number of hydrogen-bond donors (Lipinski definition) is 1. The fraction of sp³-hybridized carbons (Fsp3) is 0.867. The molecule has 0 spiro atoms. The molecule has 0 saturated carbocycles. The zero-order chi connectivity index (χ0) is 15.1. The third kappa shape index (κ3) is 5.12. The molecule has 5 nitrogen and oxygen atoms in total. The Morgan fingerprint density at radius 2 is 1.65 bits per heavy atom. The molecule has 1 fully saturated rings. The highest BCUT2D eigenvalue weighted by Crippen LogP contribution is 2.10. The number of piperazine rings is 1. The Hall–Kier alpha value is -1.10. The van der Waals surface area contributed by atoms with Crippen molar-refractivity contribution in [2.45, 2.75) is 52.5 Å². The van der Waals surface area contributed by atoms with Crippen LogP contribution in [0.1, 0.15) is 46.5 Å². The average Bonchev–Trinajstić information content (AvgIpc) is 2.43. The minimum atomic E-state index is -0.382. The highest BCUT2D eigenvalue weighted by molar-refractivity contribution is 5.82. The van der Waals surface area contributed by atoms with Crippen LogP contribution in [0.2, 0.25) is 0 Å². The molecule has 5 heteroatoms. The number of amides is 2. The second-order valence-electron chi connectivity index (χ2n) is 6.05. The van der Waals surface area contributed by atoms with Crippen LogP contribution in [-0.2, 0) is 9.59 Å². The normalized spacial score (nSPS) is 17.4. The quantitative estimate of drug-likeness (QED) is 0.797. The molecule has 1 aliphatic heterocycles. The number of nitrogens with zero attached hydrogens (tertiary/aromatic N) is 2. The van der Waals surface area contributed by atoms with E-state index in [0.717, 1.165) is 19.3 Å². The summed E-state index contributed by atoms with van der Waals surface area (Å²) < 4.78 is 0. The van der Waals surface area contributed by atoms with Gasteiger partial charge in [-0.1, -0.05) is 33.6 Å². The van der Waals surface area contributed by atoms with Crippen LogP contribution in [0.15, 0.2) is 0 Å². The average molecular weight is 283 g/mol. The van der Waals surface area contributed by atoms with Crippen molar-refractivity contribution >= 4 is 11.8 Å². The van der Waals surface area contributed by atoms with E-state index in [9.17, 15) is 9.59 Å². The molecule has 2 amide bonds. The largest absolute Gasteiger partial charge is 0.339 e. The van der Waals surface area contributed by atoms with E-state index in [1.54, 1.807) is 4.90 Å². The molecule has 0 bridgehead atoms. The van der Waals surface area contributed by atoms with Gasteiger partial charge in [-0.15, -0.1) is 0 Å². The van der Waals surface area contributed by atoms with Crippen LogP contribution in [0.25, 0.3) is 0 Å². The molecule has 0 aromatic heterocycles. The monoisotopic (exact) mass is 283 g/mol. The van der Waals surface area contributed by atoms with Crippen molar-refractivity contribution in [1.82, 2.24) is 9.80 Å². The molecule has 0 radical (unpaired) electrons. The lowest BCUT2D eigenvalue weighted by molar-refractivity contribution is -0.140. The number of nitrogens with two attached hydrogens (primary N) is 1. The van der Waals surface area contributed by atoms with Crippen LogP contribution >= 0.6 is 0 Å². The Morgan fingerprint density at radius 3 is 2.15 bits per heavy atom. The summed E-state index contributed by atoms with van der Waals surface area (Å²) in [5, 5.41) is 0. The van der Waals surface area contributed by atoms with Gasteiger partial charge >= 0.3 is 0 Å². The highest BCUT2D eigenvalue weighted by Gasteiger charge is 2.26. The molecule has 0 aromatic rings. The van der Waals surface area contributed by atoms with Gasteiger partial charge in [-0.3, -0.25) is 9.59 Å². The third-order valence-electron chi connectivity index (χ3n) is 3.71. The van der Waals surface area contributed by atoms with Crippen LogP contribution in [0, 0.1) is 5.92 Å². The van der Waals surface area contributed by atoms with Gasteiger partial charge in [0.05, 0.1) is 6.04 Å². The number of unbranched alkanes of at least 4 members (excludes halogenated alkanes) is 1. The molecule has 1 atom stereocenters. The SMILES string of the molecule is CCCC[C@H](N)C(=O)N1CCN(C(=O)CC(C)C)CC1. The van der Waals surface area contributed by atoms with E-state index < -0.39 is 0 Å². The summed E-state index contributed by atoms with van der Waals surface area (Å²) in [6, 6.07) is -0.382. The van der Waals surface area contributed by atoms with Gasteiger partial charge in [0.1, 0.15) is 0 Å². The molecule has 0 aromatic carbocycles. The Kier molecular flexibility index (Phi) is 6.99. The maximum Gasteiger partial charge on any atom is 0.239 e. The lowest BCUT2D eigenvalue weighted by atomic mass is 10.1. The van der Waals surface area contributed by atoms with Gasteiger partial charge in [-0.25, -0.2) is 0 Å². The van der Waals surface area contributed by atoms with Gasteiger partial charge in [0, 0.05) is 32.6 Å². The van der Waals surface area contributed by atoms with Gasteiger partial charge in [-0.2, -0.15) is 0 Å². The number of rotatable bonds is 6. The summed E-state index contributed by atoms with van der Waals surface area (Å²) in [5.74, 6) is 0.612. The minimum Gasteiger partial charge on any atom is -0.339 e. The molecule has 1 heterocycles. The number of carbonyl (C=O) groups is 2. The molecular formula is C15H29N3O2. The molecule has 1 saturated heterocycles. The van der Waals surface area contributed by atoms with Crippen LogP contribution in [-0.4, -0.2) is 53.8 Å². The van der Waals surface area contributed by atoms with E-state index in [-0.39, 0.29) is 17.9 Å². The van der Waals surface area contributed by atoms with Crippen molar-refractivity contribution in [2.75, 3.05) is 26.2 Å². The van der Waals surface area contributed by atoms with Crippen molar-refractivity contribution < 1.29 is 9.59 Å². The molecule has 20 heavy (non-hydrogen) atoms. The first-order chi connectivity index (χ1) is 9.45. The fourth-order valence-corrected chi connectivity index (χ4v) is 2.44. The summed E-state index contributed by atoms with van der Waals surface area (Å²) in [5.41, 5.74) is 5.92. The standard InChI is InChI=1S/C15H29N3O2/c1-4-5-6-13(16)15(20)18-9-7-17(8-10-18)14(19)11-12(2)3/h12-13H,4-11,16H2,1-3H3/t13-/m0/s1. The smallest absolute Gasteiger partial charge is 0.239 e. The summed E-state index contributed by atoms with van der Waals surface area (Å²) in [7, 11) is 0. The van der Waals surface area contributed by atoms with Crippen molar-refractivity contribution in [3.05, 3.63) is 0 Å². The van der Waals surface area contributed by atoms with Crippen LogP contribution in [0.4, 0.5) is 0 Å². The van der Waals surface area contributed by atoms with Crippen molar-refractivity contribution in [1.29, 1.82) is 0 Å². The van der Waals surface area contributed by atoms with Crippen molar-refractivity contribution in [2.24, 2.45) is 11.7 Å². The van der Waals surface area contributed by atoms with E-state index in [1.165, 1.54) is 0 Å². The minimum absolute atomic E-state index is 0.0365. The third-order valence-corrected chi connectivity index (χ3v) is 3.71. The molecule has 0 unspecified atom stereocenters. The summed E-state index contributed by atoms with van der Waals surface area (Å²) >= 11 is 0. The lowest BCUT2D eigenvalue weighted by Gasteiger charge is -2.36. The van der Waals surface area contributed by atoms with Crippen LogP contribution in [0.3, 0.4) is 0 Å². The van der Waals surface area contributed by atoms with Gasteiger partial charge in [0.15, 0.2) is 0 Å². The maximum atomic E-state index is 12.2. The van der Waals surface area contributed by atoms with Crippen molar-refractivity contribution in [3.8, 4) is 0 Å². The first-order valence-electron chi connectivity index (χ1n) is 7.77. The van der Waals surface area contributed by atoms with Gasteiger partial charge in [0.2, 0.25) is 11.8 Å². The van der Waals surface area contributed by atoms with E-state index >= 15 is 0 Å². The molecule has 0 aliphatic carbocycles. The van der Waals surface area contributed by atoms with Crippen LogP contribution in [0.5, 0.6) is 0 Å². The Morgan fingerprint density at radius 1 is 1.10 bits per heavy atom. The van der Waals surface area contributed by atoms with Crippen molar-refractivity contribution in [3.63, 3.8) is 0 Å². The van der Waals surface area contributed by atoms with Gasteiger partial charge in [0.25, 0.3) is 0 Å². The Labute approximate surface area is 122 Å². The predicted molar refractivity (Wildman–Crippen MR) is 80.1 cm³/mol. The number of carbonyl (C=O) groups excluding carboxylic acids is 2. The van der Waals surface area contributed by atoms with E-state index in [4.69, 9.17) is 5.73 Å². The first kappa shape index (κ1) is 17.0. The first-order valence-corrected chi connectivity index (χ1v) is 7.77. The van der Waals surface area contributed by atoms with Crippen LogP contribution < -0.4 is 5.73 Å². The highest BCUT2D eigenvalue weighted by atomic mass is 16.2. The van der Waals surface area contributed by atoms with E-state index in [1.807, 2.05) is 18.7 Å². The summed E-state index contributed by atoms with van der Waals surface area (Å²) in [6.45, 7) is 8.69. The molecular weight excluding hydrogens is 254 g/mol.